The highest BCUT2D eigenvalue weighted by Gasteiger charge is 2.27. The third kappa shape index (κ3) is 4.07. The fourth-order valence-electron chi connectivity index (χ4n) is 3.12. The molecule has 1 aliphatic rings. The van der Waals surface area contributed by atoms with E-state index in [-0.39, 0.29) is 18.0 Å². The van der Waals surface area contributed by atoms with Gasteiger partial charge in [0.2, 0.25) is 0 Å². The maximum Gasteiger partial charge on any atom is 0.274 e. The summed E-state index contributed by atoms with van der Waals surface area (Å²) >= 11 is 0. The number of benzene rings is 1. The van der Waals surface area contributed by atoms with Crippen LogP contribution in [0.3, 0.4) is 0 Å². The predicted octanol–water partition coefficient (Wildman–Crippen LogP) is 1.34. The number of aromatic nitrogens is 2. The minimum absolute atomic E-state index is 0.0760. The number of hydrogen-bond acceptors (Lipinski definition) is 5. The van der Waals surface area contributed by atoms with E-state index in [9.17, 15) is 4.79 Å². The molecule has 0 aliphatic carbocycles. The topological polar surface area (TPSA) is 82.3 Å². The van der Waals surface area contributed by atoms with Crippen molar-refractivity contribution in [2.24, 2.45) is 0 Å². The number of aryl methyl sites for hydroxylation is 1. The lowest BCUT2D eigenvalue weighted by Gasteiger charge is -2.20. The standard InChI is InChI=1S/C18H25N5O2/c1-12-16(20-17(19-12)13-7-5-4-6-8-13)18(24)23(2)10-14-9-15(11-25-3)22-21-14/h4-8,14-15,21-22H,9-11H2,1-3H3,(H,19,20). The Morgan fingerprint density at radius 3 is 2.72 bits per heavy atom. The third-order valence-corrected chi connectivity index (χ3v) is 4.40. The van der Waals surface area contributed by atoms with Crippen LogP contribution in [0.5, 0.6) is 0 Å². The van der Waals surface area contributed by atoms with Crippen LogP contribution in [-0.4, -0.2) is 60.2 Å². The van der Waals surface area contributed by atoms with Crippen LogP contribution in [0.1, 0.15) is 22.6 Å². The summed E-state index contributed by atoms with van der Waals surface area (Å²) in [5.74, 6) is 0.642. The Hall–Kier alpha value is -2.22. The summed E-state index contributed by atoms with van der Waals surface area (Å²) in [6.07, 6.45) is 0.917. The first-order valence-corrected chi connectivity index (χ1v) is 8.46. The summed E-state index contributed by atoms with van der Waals surface area (Å²) in [7, 11) is 3.50. The minimum Gasteiger partial charge on any atom is -0.383 e. The SMILES string of the molecule is COCC1CC(CN(C)C(=O)c2nc(-c3ccccc3)[nH]c2C)NN1. The monoisotopic (exact) mass is 343 g/mol. The molecule has 1 aliphatic heterocycles. The van der Waals surface area contributed by atoms with Crippen molar-refractivity contribution in [3.63, 3.8) is 0 Å². The zero-order valence-corrected chi connectivity index (χ0v) is 14.9. The van der Waals surface area contributed by atoms with Gasteiger partial charge in [-0.25, -0.2) is 4.98 Å². The van der Waals surface area contributed by atoms with Crippen LogP contribution >= 0.6 is 0 Å². The van der Waals surface area contributed by atoms with E-state index in [1.807, 2.05) is 44.3 Å². The summed E-state index contributed by atoms with van der Waals surface area (Å²) in [5.41, 5.74) is 8.64. The Balaban J connectivity index is 1.66. The lowest BCUT2D eigenvalue weighted by atomic mass is 10.1. The molecule has 1 amide bonds. The van der Waals surface area contributed by atoms with Crippen molar-refractivity contribution in [2.45, 2.75) is 25.4 Å². The molecule has 2 aromatic rings. The number of hydrazine groups is 1. The maximum absolute atomic E-state index is 12.8. The van der Waals surface area contributed by atoms with Crippen molar-refractivity contribution in [1.29, 1.82) is 0 Å². The number of aromatic amines is 1. The molecule has 1 aromatic heterocycles. The summed E-state index contributed by atoms with van der Waals surface area (Å²) in [4.78, 5) is 22.2. The number of amides is 1. The van der Waals surface area contributed by atoms with Crippen LogP contribution in [0.4, 0.5) is 0 Å². The van der Waals surface area contributed by atoms with E-state index in [4.69, 9.17) is 4.74 Å². The van der Waals surface area contributed by atoms with Crippen LogP contribution in [0.25, 0.3) is 11.4 Å². The number of methoxy groups -OCH3 is 1. The fourth-order valence-corrected chi connectivity index (χ4v) is 3.12. The van der Waals surface area contributed by atoms with Crippen LogP contribution in [-0.2, 0) is 4.74 Å². The van der Waals surface area contributed by atoms with Crippen LogP contribution in [0.2, 0.25) is 0 Å². The number of carbonyl (C=O) groups is 1. The number of rotatable bonds is 6. The Morgan fingerprint density at radius 2 is 2.00 bits per heavy atom. The second-order valence-corrected chi connectivity index (χ2v) is 6.48. The average molecular weight is 343 g/mol. The van der Waals surface area contributed by atoms with E-state index in [1.54, 1.807) is 12.0 Å². The van der Waals surface area contributed by atoms with E-state index >= 15 is 0 Å². The van der Waals surface area contributed by atoms with Gasteiger partial charge in [0.05, 0.1) is 6.61 Å². The Morgan fingerprint density at radius 1 is 1.28 bits per heavy atom. The molecule has 7 nitrogen and oxygen atoms in total. The van der Waals surface area contributed by atoms with Crippen LogP contribution < -0.4 is 10.9 Å². The molecule has 0 radical (unpaired) electrons. The van der Waals surface area contributed by atoms with Gasteiger partial charge in [-0.3, -0.25) is 15.6 Å². The molecule has 2 unspecified atom stereocenters. The molecular formula is C18H25N5O2. The molecule has 0 saturated carbocycles. The number of likely N-dealkylation sites (N-methyl/N-ethyl adjacent to an activating group) is 1. The van der Waals surface area contributed by atoms with E-state index in [2.05, 4.69) is 20.8 Å². The van der Waals surface area contributed by atoms with Gasteiger partial charge in [-0.2, -0.15) is 0 Å². The average Bonchev–Trinajstić information content (AvgIpc) is 3.22. The molecule has 7 heteroatoms. The van der Waals surface area contributed by atoms with Crippen molar-refractivity contribution >= 4 is 5.91 Å². The highest BCUT2D eigenvalue weighted by Crippen LogP contribution is 2.18. The third-order valence-electron chi connectivity index (χ3n) is 4.40. The van der Waals surface area contributed by atoms with Crippen LogP contribution in [0.15, 0.2) is 30.3 Å². The first-order valence-electron chi connectivity index (χ1n) is 8.46. The highest BCUT2D eigenvalue weighted by molar-refractivity contribution is 5.94. The molecule has 1 fully saturated rings. The number of H-pyrrole nitrogens is 1. The first kappa shape index (κ1) is 17.6. The molecule has 2 atom stereocenters. The molecule has 1 saturated heterocycles. The molecule has 2 heterocycles. The number of ether oxygens (including phenoxy) is 1. The van der Waals surface area contributed by atoms with Crippen molar-refractivity contribution in [1.82, 2.24) is 25.7 Å². The molecule has 3 N–H and O–H groups in total. The number of hydrogen-bond donors (Lipinski definition) is 3. The Bertz CT molecular complexity index is 716. The summed E-state index contributed by atoms with van der Waals surface area (Å²) in [5, 5.41) is 0. The Kier molecular flexibility index (Phi) is 5.47. The number of nitrogens with zero attached hydrogens (tertiary/aromatic N) is 2. The molecule has 0 spiro atoms. The quantitative estimate of drug-likeness (QED) is 0.737. The van der Waals surface area contributed by atoms with Crippen LogP contribution in [0, 0.1) is 6.92 Å². The van der Waals surface area contributed by atoms with E-state index in [0.717, 1.165) is 23.5 Å². The van der Waals surface area contributed by atoms with Gasteiger partial charge in [0, 0.05) is 44.0 Å². The summed E-state index contributed by atoms with van der Waals surface area (Å²) in [6, 6.07) is 10.3. The van der Waals surface area contributed by atoms with Gasteiger partial charge in [0.1, 0.15) is 11.5 Å². The van der Waals surface area contributed by atoms with Gasteiger partial charge >= 0.3 is 0 Å². The number of imidazole rings is 1. The van der Waals surface area contributed by atoms with Gasteiger partial charge in [0.15, 0.2) is 0 Å². The first-order chi connectivity index (χ1) is 12.1. The largest absolute Gasteiger partial charge is 0.383 e. The normalized spacial score (nSPS) is 20.0. The Labute approximate surface area is 147 Å². The predicted molar refractivity (Wildman–Crippen MR) is 96.1 cm³/mol. The molecule has 25 heavy (non-hydrogen) atoms. The zero-order chi connectivity index (χ0) is 17.8. The van der Waals surface area contributed by atoms with E-state index in [1.165, 1.54) is 0 Å². The van der Waals surface area contributed by atoms with Gasteiger partial charge < -0.3 is 14.6 Å². The lowest BCUT2D eigenvalue weighted by molar-refractivity contribution is 0.0776. The molecule has 3 rings (SSSR count). The van der Waals surface area contributed by atoms with Crippen molar-refractivity contribution < 1.29 is 9.53 Å². The summed E-state index contributed by atoms with van der Waals surface area (Å²) in [6.45, 7) is 3.14. The van der Waals surface area contributed by atoms with Gasteiger partial charge in [-0.15, -0.1) is 0 Å². The smallest absolute Gasteiger partial charge is 0.274 e. The van der Waals surface area contributed by atoms with Gasteiger partial charge in [0.25, 0.3) is 5.91 Å². The number of nitrogens with one attached hydrogen (secondary N) is 3. The van der Waals surface area contributed by atoms with Gasteiger partial charge in [-0.05, 0) is 13.3 Å². The second-order valence-electron chi connectivity index (χ2n) is 6.48. The van der Waals surface area contributed by atoms with Crippen molar-refractivity contribution in [2.75, 3.05) is 27.3 Å². The minimum atomic E-state index is -0.0760. The maximum atomic E-state index is 12.8. The van der Waals surface area contributed by atoms with Crippen molar-refractivity contribution in [3.05, 3.63) is 41.7 Å². The molecular weight excluding hydrogens is 318 g/mol. The molecule has 134 valence electrons. The van der Waals surface area contributed by atoms with Gasteiger partial charge in [-0.1, -0.05) is 30.3 Å². The zero-order valence-electron chi connectivity index (χ0n) is 14.9. The number of carbonyl (C=O) groups excluding carboxylic acids is 1. The summed E-state index contributed by atoms with van der Waals surface area (Å²) < 4.78 is 5.16. The lowest BCUT2D eigenvalue weighted by Crippen LogP contribution is -2.42. The molecule has 0 bridgehead atoms. The van der Waals surface area contributed by atoms with E-state index < -0.39 is 0 Å². The second kappa shape index (κ2) is 7.77. The van der Waals surface area contributed by atoms with Crippen molar-refractivity contribution in [3.8, 4) is 11.4 Å². The highest BCUT2D eigenvalue weighted by atomic mass is 16.5. The fraction of sp³-hybridized carbons (Fsp3) is 0.444. The van der Waals surface area contributed by atoms with E-state index in [0.29, 0.717) is 18.8 Å². The molecule has 1 aromatic carbocycles.